The van der Waals surface area contributed by atoms with Gasteiger partial charge < -0.3 is 5.32 Å². The normalized spacial score (nSPS) is 11.2. The van der Waals surface area contributed by atoms with Crippen LogP contribution >= 0.6 is 0 Å². The first-order valence-corrected chi connectivity index (χ1v) is 9.71. The third kappa shape index (κ3) is 4.82. The van der Waals surface area contributed by atoms with E-state index < -0.39 is 10.0 Å². The Morgan fingerprint density at radius 3 is 2.16 bits per heavy atom. The molecule has 5 nitrogen and oxygen atoms in total. The van der Waals surface area contributed by atoms with Gasteiger partial charge in [0.2, 0.25) is 15.9 Å². The Kier molecular flexibility index (Phi) is 5.85. The van der Waals surface area contributed by atoms with Crippen molar-refractivity contribution < 1.29 is 13.2 Å². The molecular formula is C19H24N2O3S. The zero-order chi connectivity index (χ0) is 18.6. The molecule has 0 heterocycles. The van der Waals surface area contributed by atoms with Crippen molar-refractivity contribution >= 4 is 27.3 Å². The summed E-state index contributed by atoms with van der Waals surface area (Å²) >= 11 is 0. The Morgan fingerprint density at radius 1 is 1.04 bits per heavy atom. The lowest BCUT2D eigenvalue weighted by Gasteiger charge is -2.19. The van der Waals surface area contributed by atoms with Gasteiger partial charge in [-0.15, -0.1) is 0 Å². The molecule has 0 radical (unpaired) electrons. The minimum atomic E-state index is -3.56. The van der Waals surface area contributed by atoms with Crippen LogP contribution in [0.1, 0.15) is 23.1 Å². The average molecular weight is 360 g/mol. The molecular weight excluding hydrogens is 336 g/mol. The summed E-state index contributed by atoms with van der Waals surface area (Å²) in [5.41, 5.74) is 4.39. The lowest BCUT2D eigenvalue weighted by molar-refractivity contribution is -0.115. The maximum atomic E-state index is 12.4. The van der Waals surface area contributed by atoms with Crippen molar-refractivity contribution in [2.24, 2.45) is 0 Å². The molecule has 6 heteroatoms. The molecule has 0 aliphatic rings. The highest BCUT2D eigenvalue weighted by molar-refractivity contribution is 7.92. The molecule has 25 heavy (non-hydrogen) atoms. The Balaban J connectivity index is 2.02. The summed E-state index contributed by atoms with van der Waals surface area (Å²) in [7, 11) is -2.06. The van der Waals surface area contributed by atoms with E-state index in [0.29, 0.717) is 5.69 Å². The monoisotopic (exact) mass is 360 g/mol. The Bertz CT molecular complexity index is 838. The van der Waals surface area contributed by atoms with Gasteiger partial charge in [0.05, 0.1) is 11.4 Å². The number of benzene rings is 2. The number of amides is 1. The van der Waals surface area contributed by atoms with Crippen LogP contribution in [0.15, 0.2) is 42.5 Å². The van der Waals surface area contributed by atoms with Crippen molar-refractivity contribution in [2.45, 2.75) is 27.2 Å². The van der Waals surface area contributed by atoms with Gasteiger partial charge in [-0.1, -0.05) is 35.9 Å². The van der Waals surface area contributed by atoms with E-state index in [4.69, 9.17) is 0 Å². The highest BCUT2D eigenvalue weighted by Crippen LogP contribution is 2.22. The largest absolute Gasteiger partial charge is 0.326 e. The van der Waals surface area contributed by atoms with E-state index in [1.807, 2.05) is 39.0 Å². The Labute approximate surface area is 149 Å². The summed E-state index contributed by atoms with van der Waals surface area (Å²) in [4.78, 5) is 12.2. The second-order valence-corrected chi connectivity index (χ2v) is 8.31. The quantitative estimate of drug-likeness (QED) is 0.858. The third-order valence-electron chi connectivity index (χ3n) is 4.07. The molecule has 0 unspecified atom stereocenters. The molecule has 1 amide bonds. The predicted molar refractivity (Wildman–Crippen MR) is 103 cm³/mol. The van der Waals surface area contributed by atoms with Gasteiger partial charge in [0, 0.05) is 19.2 Å². The summed E-state index contributed by atoms with van der Waals surface area (Å²) < 4.78 is 26.0. The summed E-state index contributed by atoms with van der Waals surface area (Å²) in [6.45, 7) is 5.85. The molecule has 0 aromatic heterocycles. The maximum Gasteiger partial charge on any atom is 0.235 e. The van der Waals surface area contributed by atoms with Crippen LogP contribution in [0, 0.1) is 20.8 Å². The number of para-hydroxylation sites is 1. The van der Waals surface area contributed by atoms with Crippen LogP contribution < -0.4 is 9.62 Å². The van der Waals surface area contributed by atoms with Crippen LogP contribution in [0.2, 0.25) is 0 Å². The number of anilines is 2. The van der Waals surface area contributed by atoms with Crippen LogP contribution in [0.4, 0.5) is 11.4 Å². The smallest absolute Gasteiger partial charge is 0.235 e. The van der Waals surface area contributed by atoms with Gasteiger partial charge in [-0.3, -0.25) is 9.10 Å². The zero-order valence-corrected chi connectivity index (χ0v) is 15.9. The molecule has 0 fully saturated rings. The molecule has 0 atom stereocenters. The number of rotatable bonds is 6. The molecule has 0 aliphatic heterocycles. The molecule has 0 spiro atoms. The first kappa shape index (κ1) is 19.0. The minimum Gasteiger partial charge on any atom is -0.326 e. The topological polar surface area (TPSA) is 66.5 Å². The first-order valence-electron chi connectivity index (χ1n) is 8.10. The second-order valence-electron chi connectivity index (χ2n) is 6.19. The van der Waals surface area contributed by atoms with Crippen molar-refractivity contribution in [1.29, 1.82) is 0 Å². The van der Waals surface area contributed by atoms with E-state index in [1.54, 1.807) is 24.3 Å². The number of nitrogens with one attached hydrogen (secondary N) is 1. The number of hydrogen-bond donors (Lipinski definition) is 1. The fourth-order valence-corrected chi connectivity index (χ4v) is 3.90. The van der Waals surface area contributed by atoms with E-state index in [9.17, 15) is 13.2 Å². The zero-order valence-electron chi connectivity index (χ0n) is 15.0. The lowest BCUT2D eigenvalue weighted by atomic mass is 10.1. The van der Waals surface area contributed by atoms with Crippen LogP contribution in [-0.2, 0) is 14.8 Å². The molecule has 2 aromatic carbocycles. The van der Waals surface area contributed by atoms with Gasteiger partial charge in [0.25, 0.3) is 0 Å². The molecule has 2 rings (SSSR count). The molecule has 0 aliphatic carbocycles. The minimum absolute atomic E-state index is 0.0910. The molecule has 0 saturated heterocycles. The number of carbonyl (C=O) groups excluding carboxylic acids is 1. The van der Waals surface area contributed by atoms with Gasteiger partial charge >= 0.3 is 0 Å². The van der Waals surface area contributed by atoms with E-state index >= 15 is 0 Å². The fourth-order valence-electron chi connectivity index (χ4n) is 2.74. The Hall–Kier alpha value is -2.34. The highest BCUT2D eigenvalue weighted by atomic mass is 32.2. The lowest BCUT2D eigenvalue weighted by Crippen LogP contribution is -2.30. The van der Waals surface area contributed by atoms with Crippen molar-refractivity contribution in [2.75, 3.05) is 22.4 Å². The van der Waals surface area contributed by atoms with E-state index in [0.717, 1.165) is 22.4 Å². The van der Waals surface area contributed by atoms with Crippen LogP contribution in [0.5, 0.6) is 0 Å². The summed E-state index contributed by atoms with van der Waals surface area (Å²) in [6.07, 6.45) is -0.0910. The third-order valence-corrected chi connectivity index (χ3v) is 5.83. The average Bonchev–Trinajstić information content (AvgIpc) is 2.56. The Morgan fingerprint density at radius 2 is 1.60 bits per heavy atom. The summed E-state index contributed by atoms with van der Waals surface area (Å²) in [5, 5.41) is 2.84. The number of carbonyl (C=O) groups is 1. The van der Waals surface area contributed by atoms with Gasteiger partial charge in [-0.2, -0.15) is 0 Å². The number of aryl methyl sites for hydroxylation is 3. The van der Waals surface area contributed by atoms with E-state index in [2.05, 4.69) is 5.32 Å². The predicted octanol–water partition coefficient (Wildman–Crippen LogP) is 3.41. The molecule has 134 valence electrons. The fraction of sp³-hybridized carbons (Fsp3) is 0.316. The van der Waals surface area contributed by atoms with Crippen molar-refractivity contribution in [3.8, 4) is 0 Å². The van der Waals surface area contributed by atoms with E-state index in [1.165, 1.54) is 11.4 Å². The van der Waals surface area contributed by atoms with Crippen LogP contribution in [-0.4, -0.2) is 27.1 Å². The first-order chi connectivity index (χ1) is 11.7. The summed E-state index contributed by atoms with van der Waals surface area (Å²) in [5.74, 6) is -0.547. The van der Waals surface area contributed by atoms with Gasteiger partial charge in [0.15, 0.2) is 0 Å². The SMILES string of the molecule is Cc1cc(C)c(NC(=O)CCS(=O)(=O)N(C)c2ccccc2)c(C)c1. The summed E-state index contributed by atoms with van der Waals surface area (Å²) in [6, 6.07) is 12.8. The molecule has 2 aromatic rings. The van der Waals surface area contributed by atoms with Crippen molar-refractivity contribution in [3.05, 3.63) is 59.2 Å². The van der Waals surface area contributed by atoms with Crippen LogP contribution in [0.25, 0.3) is 0 Å². The highest BCUT2D eigenvalue weighted by Gasteiger charge is 2.20. The van der Waals surface area contributed by atoms with Crippen molar-refractivity contribution in [1.82, 2.24) is 0 Å². The molecule has 0 saturated carbocycles. The molecule has 0 bridgehead atoms. The van der Waals surface area contributed by atoms with Crippen LogP contribution in [0.3, 0.4) is 0 Å². The van der Waals surface area contributed by atoms with Gasteiger partial charge in [-0.05, 0) is 44.0 Å². The van der Waals surface area contributed by atoms with Gasteiger partial charge in [-0.25, -0.2) is 8.42 Å². The van der Waals surface area contributed by atoms with E-state index in [-0.39, 0.29) is 18.1 Å². The number of nitrogens with zero attached hydrogens (tertiary/aromatic N) is 1. The molecule has 1 N–H and O–H groups in total. The standard InChI is InChI=1S/C19H24N2O3S/c1-14-12-15(2)19(16(3)13-14)20-18(22)10-11-25(23,24)21(4)17-8-6-5-7-9-17/h5-9,12-13H,10-11H2,1-4H3,(H,20,22). The maximum absolute atomic E-state index is 12.4. The number of sulfonamides is 1. The number of hydrogen-bond acceptors (Lipinski definition) is 3. The van der Waals surface area contributed by atoms with Gasteiger partial charge in [0.1, 0.15) is 0 Å². The van der Waals surface area contributed by atoms with Crippen molar-refractivity contribution in [3.63, 3.8) is 0 Å². The second kappa shape index (κ2) is 7.70.